The molecule has 5 heteroatoms. The number of aryl methyl sites for hydroxylation is 1. The molecule has 1 aromatic carbocycles. The topological polar surface area (TPSA) is 62.4 Å². The molecule has 0 aliphatic heterocycles. The molecule has 4 nitrogen and oxygen atoms in total. The third-order valence-corrected chi connectivity index (χ3v) is 3.03. The average Bonchev–Trinajstić information content (AvgIpc) is 2.37. The van der Waals surface area contributed by atoms with Gasteiger partial charge in [-0.05, 0) is 31.2 Å². The van der Waals surface area contributed by atoms with Gasteiger partial charge in [-0.2, -0.15) is 0 Å². The summed E-state index contributed by atoms with van der Waals surface area (Å²) in [5, 5.41) is 9.54. The van der Waals surface area contributed by atoms with E-state index in [2.05, 4.69) is 4.98 Å². The molecule has 98 valence electrons. The highest BCUT2D eigenvalue weighted by atomic mass is 32.1. The van der Waals surface area contributed by atoms with Crippen molar-refractivity contribution in [1.29, 1.82) is 0 Å². The van der Waals surface area contributed by atoms with Crippen LogP contribution in [0.3, 0.4) is 0 Å². The van der Waals surface area contributed by atoms with Gasteiger partial charge in [-0.3, -0.25) is 0 Å². The third-order valence-electron chi connectivity index (χ3n) is 2.81. The van der Waals surface area contributed by atoms with E-state index in [-0.39, 0.29) is 5.75 Å². The first-order chi connectivity index (χ1) is 8.99. The number of phenols is 1. The highest BCUT2D eigenvalue weighted by molar-refractivity contribution is 7.80. The zero-order valence-corrected chi connectivity index (χ0v) is 11.6. The summed E-state index contributed by atoms with van der Waals surface area (Å²) >= 11 is 5.05. The van der Waals surface area contributed by atoms with Crippen LogP contribution in [0.2, 0.25) is 0 Å². The molecule has 2 rings (SSSR count). The van der Waals surface area contributed by atoms with Gasteiger partial charge in [0.15, 0.2) is 0 Å². The molecular formula is C14H15N3OS. The number of phenolic OH excluding ortho intramolecular Hbond substituents is 1. The van der Waals surface area contributed by atoms with Gasteiger partial charge in [0.1, 0.15) is 16.6 Å². The molecule has 0 radical (unpaired) electrons. The number of hydrogen-bond donors (Lipinski definition) is 2. The second-order valence-corrected chi connectivity index (χ2v) is 4.71. The molecular weight excluding hydrogens is 258 g/mol. The molecule has 0 amide bonds. The van der Waals surface area contributed by atoms with Gasteiger partial charge in [-0.15, -0.1) is 0 Å². The monoisotopic (exact) mass is 273 g/mol. The minimum Gasteiger partial charge on any atom is -0.508 e. The number of pyridine rings is 1. The molecule has 1 aromatic heterocycles. The summed E-state index contributed by atoms with van der Waals surface area (Å²) < 4.78 is 0. The number of aromatic nitrogens is 1. The normalized spacial score (nSPS) is 10.2. The summed E-state index contributed by atoms with van der Waals surface area (Å²) in [6.45, 7) is 1.91. The highest BCUT2D eigenvalue weighted by Gasteiger charge is 2.13. The molecule has 1 heterocycles. The standard InChI is InChI=1S/C14H15N3OS/c1-9-6-7-12(13(15)19)14(16-9)17(2)10-4-3-5-11(18)8-10/h3-8,18H,1-2H3,(H2,15,19). The lowest BCUT2D eigenvalue weighted by Gasteiger charge is -2.21. The van der Waals surface area contributed by atoms with E-state index in [1.807, 2.05) is 37.1 Å². The lowest BCUT2D eigenvalue weighted by molar-refractivity contribution is 0.475. The minimum atomic E-state index is 0.203. The average molecular weight is 273 g/mol. The van der Waals surface area contributed by atoms with Crippen LogP contribution in [0.5, 0.6) is 5.75 Å². The molecule has 2 aromatic rings. The smallest absolute Gasteiger partial charge is 0.143 e. The molecule has 0 saturated heterocycles. The Morgan fingerprint density at radius 1 is 1.32 bits per heavy atom. The molecule has 19 heavy (non-hydrogen) atoms. The first-order valence-corrected chi connectivity index (χ1v) is 6.20. The molecule has 0 bridgehead atoms. The van der Waals surface area contributed by atoms with Crippen LogP contribution in [0.4, 0.5) is 11.5 Å². The van der Waals surface area contributed by atoms with E-state index in [1.165, 1.54) is 0 Å². The van der Waals surface area contributed by atoms with Gasteiger partial charge in [0.2, 0.25) is 0 Å². The number of rotatable bonds is 3. The Bertz CT molecular complexity index is 628. The van der Waals surface area contributed by atoms with Gasteiger partial charge in [0, 0.05) is 24.5 Å². The minimum absolute atomic E-state index is 0.203. The number of benzene rings is 1. The summed E-state index contributed by atoms with van der Waals surface area (Å²) in [7, 11) is 1.86. The van der Waals surface area contributed by atoms with Crippen molar-refractivity contribution in [2.45, 2.75) is 6.92 Å². The number of nitrogens with two attached hydrogens (primary N) is 1. The van der Waals surface area contributed by atoms with Gasteiger partial charge in [0.25, 0.3) is 0 Å². The number of thiocarbonyl (C=S) groups is 1. The first-order valence-electron chi connectivity index (χ1n) is 5.79. The Hall–Kier alpha value is -2.14. The fraction of sp³-hybridized carbons (Fsp3) is 0.143. The second-order valence-electron chi connectivity index (χ2n) is 4.27. The second kappa shape index (κ2) is 5.24. The summed E-state index contributed by atoms with van der Waals surface area (Å²) in [6.07, 6.45) is 0. The maximum Gasteiger partial charge on any atom is 0.143 e. The van der Waals surface area contributed by atoms with Crippen molar-refractivity contribution in [2.24, 2.45) is 5.73 Å². The first kappa shape index (κ1) is 13.3. The Morgan fingerprint density at radius 3 is 2.68 bits per heavy atom. The zero-order chi connectivity index (χ0) is 14.0. The van der Waals surface area contributed by atoms with Crippen LogP contribution < -0.4 is 10.6 Å². The van der Waals surface area contributed by atoms with Gasteiger partial charge in [-0.25, -0.2) is 4.98 Å². The number of hydrogen-bond acceptors (Lipinski definition) is 4. The van der Waals surface area contributed by atoms with E-state index in [9.17, 15) is 5.11 Å². The number of aromatic hydroxyl groups is 1. The van der Waals surface area contributed by atoms with Crippen LogP contribution in [-0.2, 0) is 0 Å². The largest absolute Gasteiger partial charge is 0.508 e. The van der Waals surface area contributed by atoms with Crippen molar-refractivity contribution in [3.63, 3.8) is 0 Å². The van der Waals surface area contributed by atoms with Gasteiger partial charge in [0.05, 0.1) is 5.56 Å². The number of anilines is 2. The van der Waals surface area contributed by atoms with Gasteiger partial charge >= 0.3 is 0 Å². The van der Waals surface area contributed by atoms with E-state index in [1.54, 1.807) is 18.2 Å². The van der Waals surface area contributed by atoms with Crippen LogP contribution in [0.1, 0.15) is 11.3 Å². The van der Waals surface area contributed by atoms with Crippen molar-refractivity contribution in [2.75, 3.05) is 11.9 Å². The maximum absolute atomic E-state index is 9.54. The molecule has 0 aliphatic carbocycles. The van der Waals surface area contributed by atoms with Crippen molar-refractivity contribution in [3.8, 4) is 5.75 Å². The Kier molecular flexibility index (Phi) is 3.66. The molecule has 0 aliphatic rings. The van der Waals surface area contributed by atoms with E-state index < -0.39 is 0 Å². The van der Waals surface area contributed by atoms with Gasteiger partial charge < -0.3 is 15.7 Å². The van der Waals surface area contributed by atoms with Crippen molar-refractivity contribution < 1.29 is 5.11 Å². The van der Waals surface area contributed by atoms with Crippen LogP contribution in [-0.4, -0.2) is 22.1 Å². The quantitative estimate of drug-likeness (QED) is 0.841. The predicted molar refractivity (Wildman–Crippen MR) is 81.0 cm³/mol. The lowest BCUT2D eigenvalue weighted by atomic mass is 10.2. The van der Waals surface area contributed by atoms with E-state index >= 15 is 0 Å². The Balaban J connectivity index is 2.51. The molecule has 0 fully saturated rings. The summed E-state index contributed by atoms with van der Waals surface area (Å²) in [6, 6.07) is 10.7. The SMILES string of the molecule is Cc1ccc(C(N)=S)c(N(C)c2cccc(O)c2)n1. The predicted octanol–water partition coefficient (Wildman–Crippen LogP) is 2.50. The maximum atomic E-state index is 9.54. The fourth-order valence-corrected chi connectivity index (χ4v) is 1.97. The van der Waals surface area contributed by atoms with Gasteiger partial charge in [-0.1, -0.05) is 18.3 Å². The van der Waals surface area contributed by atoms with E-state index in [4.69, 9.17) is 18.0 Å². The van der Waals surface area contributed by atoms with Crippen LogP contribution in [0.15, 0.2) is 36.4 Å². The molecule has 0 spiro atoms. The molecule has 0 saturated carbocycles. The van der Waals surface area contributed by atoms with Crippen molar-refractivity contribution in [3.05, 3.63) is 47.7 Å². The zero-order valence-electron chi connectivity index (χ0n) is 10.8. The molecule has 0 unspecified atom stereocenters. The van der Waals surface area contributed by atoms with Crippen LogP contribution in [0, 0.1) is 6.92 Å². The van der Waals surface area contributed by atoms with E-state index in [0.717, 1.165) is 11.4 Å². The third kappa shape index (κ3) is 2.82. The van der Waals surface area contributed by atoms with Crippen molar-refractivity contribution >= 4 is 28.7 Å². The Morgan fingerprint density at radius 2 is 2.05 bits per heavy atom. The van der Waals surface area contributed by atoms with Crippen LogP contribution >= 0.6 is 12.2 Å². The Labute approximate surface area is 117 Å². The van der Waals surface area contributed by atoms with E-state index in [0.29, 0.717) is 16.4 Å². The summed E-state index contributed by atoms with van der Waals surface area (Å²) in [5.41, 5.74) is 8.13. The van der Waals surface area contributed by atoms with Crippen LogP contribution in [0.25, 0.3) is 0 Å². The highest BCUT2D eigenvalue weighted by Crippen LogP contribution is 2.27. The fourth-order valence-electron chi connectivity index (χ4n) is 1.81. The lowest BCUT2D eigenvalue weighted by Crippen LogP contribution is -2.19. The van der Waals surface area contributed by atoms with Crippen molar-refractivity contribution in [1.82, 2.24) is 4.98 Å². The molecule has 0 atom stereocenters. The molecule has 3 N–H and O–H groups in total. The summed E-state index contributed by atoms with van der Waals surface area (Å²) in [4.78, 5) is 6.63. The number of nitrogens with zero attached hydrogens (tertiary/aromatic N) is 2. The summed E-state index contributed by atoms with van der Waals surface area (Å²) in [5.74, 6) is 0.881.